The van der Waals surface area contributed by atoms with Crippen LogP contribution in [0.15, 0.2) is 96.0 Å². The van der Waals surface area contributed by atoms with E-state index in [0.717, 1.165) is 28.6 Å². The van der Waals surface area contributed by atoms with Crippen LogP contribution in [-0.2, 0) is 16.6 Å². The van der Waals surface area contributed by atoms with Crippen molar-refractivity contribution in [1.82, 2.24) is 14.2 Å². The molecule has 32 heavy (non-hydrogen) atoms. The number of nitrogens with one attached hydrogen (secondary N) is 1. The SMILES string of the molecule is CN(C)CCn1c(S(=O)(=O)NCC(c2ccccc2)c2ccccc2)cc2ccccc21. The van der Waals surface area contributed by atoms with Crippen molar-refractivity contribution in [2.24, 2.45) is 0 Å². The first-order valence-corrected chi connectivity index (χ1v) is 12.3. The van der Waals surface area contributed by atoms with Crippen molar-refractivity contribution in [3.8, 4) is 0 Å². The van der Waals surface area contributed by atoms with E-state index in [4.69, 9.17) is 0 Å². The fourth-order valence-electron chi connectivity index (χ4n) is 4.00. The second-order valence-electron chi connectivity index (χ2n) is 8.22. The average Bonchev–Trinajstić information content (AvgIpc) is 3.19. The van der Waals surface area contributed by atoms with E-state index in [9.17, 15) is 8.42 Å². The highest BCUT2D eigenvalue weighted by Crippen LogP contribution is 2.26. The monoisotopic (exact) mass is 447 g/mol. The summed E-state index contributed by atoms with van der Waals surface area (Å²) < 4.78 is 31.8. The van der Waals surface area contributed by atoms with Crippen LogP contribution in [0.5, 0.6) is 0 Å². The van der Waals surface area contributed by atoms with Crippen LogP contribution in [0.2, 0.25) is 0 Å². The van der Waals surface area contributed by atoms with E-state index in [-0.39, 0.29) is 12.5 Å². The number of hydrogen-bond acceptors (Lipinski definition) is 3. The minimum Gasteiger partial charge on any atom is -0.329 e. The molecule has 4 rings (SSSR count). The zero-order valence-corrected chi connectivity index (χ0v) is 19.3. The van der Waals surface area contributed by atoms with Gasteiger partial charge in [-0.25, -0.2) is 13.1 Å². The van der Waals surface area contributed by atoms with Crippen LogP contribution in [0, 0.1) is 0 Å². The molecule has 0 aliphatic carbocycles. The lowest BCUT2D eigenvalue weighted by atomic mass is 9.92. The minimum absolute atomic E-state index is 0.0771. The number of hydrogen-bond donors (Lipinski definition) is 1. The van der Waals surface area contributed by atoms with Crippen molar-refractivity contribution >= 4 is 20.9 Å². The predicted molar refractivity (Wildman–Crippen MR) is 130 cm³/mol. The first-order valence-electron chi connectivity index (χ1n) is 10.8. The third-order valence-corrected chi connectivity index (χ3v) is 7.14. The van der Waals surface area contributed by atoms with E-state index in [0.29, 0.717) is 11.6 Å². The molecule has 0 saturated carbocycles. The van der Waals surface area contributed by atoms with Gasteiger partial charge in [-0.15, -0.1) is 0 Å². The van der Waals surface area contributed by atoms with E-state index in [1.54, 1.807) is 6.07 Å². The fourth-order valence-corrected chi connectivity index (χ4v) is 5.30. The van der Waals surface area contributed by atoms with Gasteiger partial charge in [0.15, 0.2) is 5.03 Å². The van der Waals surface area contributed by atoms with Gasteiger partial charge in [0.05, 0.1) is 0 Å². The Kier molecular flexibility index (Phi) is 6.74. The molecule has 3 aromatic carbocycles. The lowest BCUT2D eigenvalue weighted by molar-refractivity contribution is 0.380. The third-order valence-electron chi connectivity index (χ3n) is 5.70. The van der Waals surface area contributed by atoms with Gasteiger partial charge in [-0.2, -0.15) is 0 Å². The number of likely N-dealkylation sites (N-methyl/N-ethyl adjacent to an activating group) is 1. The molecule has 0 fully saturated rings. The average molecular weight is 448 g/mol. The molecule has 0 saturated heterocycles. The molecule has 4 aromatic rings. The standard InChI is InChI=1S/C26H29N3O2S/c1-28(2)17-18-29-25-16-10-9-15-23(25)19-26(29)32(30,31)27-20-24(21-11-5-3-6-12-21)22-13-7-4-8-14-22/h3-16,19,24,27H,17-18,20H2,1-2H3. The van der Waals surface area contributed by atoms with Crippen molar-refractivity contribution in [2.75, 3.05) is 27.2 Å². The number of para-hydroxylation sites is 1. The lowest BCUT2D eigenvalue weighted by Gasteiger charge is -2.20. The first kappa shape index (κ1) is 22.3. The molecule has 1 heterocycles. The molecule has 1 N–H and O–H groups in total. The number of rotatable bonds is 9. The Morgan fingerprint density at radius 3 is 2.00 bits per heavy atom. The Labute approximate surface area is 190 Å². The number of benzene rings is 3. The van der Waals surface area contributed by atoms with Gasteiger partial charge in [0.2, 0.25) is 0 Å². The van der Waals surface area contributed by atoms with Crippen molar-refractivity contribution in [2.45, 2.75) is 17.5 Å². The Bertz CT molecular complexity index is 1230. The summed E-state index contributed by atoms with van der Waals surface area (Å²) in [6, 6.07) is 29.6. The molecular weight excluding hydrogens is 418 g/mol. The molecule has 0 bridgehead atoms. The van der Waals surface area contributed by atoms with Crippen molar-refractivity contribution in [1.29, 1.82) is 0 Å². The highest BCUT2D eigenvalue weighted by Gasteiger charge is 2.24. The Balaban J connectivity index is 1.66. The van der Waals surface area contributed by atoms with Crippen LogP contribution in [0.3, 0.4) is 0 Å². The van der Waals surface area contributed by atoms with Crippen molar-refractivity contribution in [3.63, 3.8) is 0 Å². The van der Waals surface area contributed by atoms with E-state index in [1.807, 2.05) is 104 Å². The van der Waals surface area contributed by atoms with Crippen molar-refractivity contribution in [3.05, 3.63) is 102 Å². The molecule has 0 atom stereocenters. The van der Waals surface area contributed by atoms with Crippen LogP contribution in [0.1, 0.15) is 17.0 Å². The maximum Gasteiger partial charge on any atom is 0.256 e. The van der Waals surface area contributed by atoms with E-state index in [1.165, 1.54) is 0 Å². The van der Waals surface area contributed by atoms with Gasteiger partial charge in [-0.3, -0.25) is 0 Å². The molecule has 0 aliphatic rings. The molecule has 166 valence electrons. The van der Waals surface area contributed by atoms with Gasteiger partial charge in [-0.05, 0) is 37.4 Å². The van der Waals surface area contributed by atoms with Crippen LogP contribution in [0.25, 0.3) is 10.9 Å². The quantitative estimate of drug-likeness (QED) is 0.416. The summed E-state index contributed by atoms with van der Waals surface area (Å²) in [5.74, 6) is -0.0771. The highest BCUT2D eigenvalue weighted by atomic mass is 32.2. The summed E-state index contributed by atoms with van der Waals surface area (Å²) in [5.41, 5.74) is 3.08. The van der Waals surface area contributed by atoms with Gasteiger partial charge in [0, 0.05) is 36.5 Å². The van der Waals surface area contributed by atoms with E-state index >= 15 is 0 Å². The Hall–Kier alpha value is -2.93. The van der Waals surface area contributed by atoms with Gasteiger partial charge in [-0.1, -0.05) is 78.9 Å². The predicted octanol–water partition coefficient (Wildman–Crippen LogP) is 4.31. The summed E-state index contributed by atoms with van der Waals surface area (Å²) in [6.45, 7) is 1.63. The Morgan fingerprint density at radius 2 is 1.41 bits per heavy atom. The third kappa shape index (κ3) is 4.93. The number of fused-ring (bicyclic) bond motifs is 1. The second kappa shape index (κ2) is 9.69. The van der Waals surface area contributed by atoms with Gasteiger partial charge < -0.3 is 9.47 Å². The summed E-state index contributed by atoms with van der Waals surface area (Å²) >= 11 is 0. The van der Waals surface area contributed by atoms with E-state index in [2.05, 4.69) is 9.62 Å². The topological polar surface area (TPSA) is 54.3 Å². The van der Waals surface area contributed by atoms with Gasteiger partial charge >= 0.3 is 0 Å². The summed E-state index contributed by atoms with van der Waals surface area (Å²) in [5, 5.41) is 1.23. The molecule has 0 radical (unpaired) electrons. The maximum absolute atomic E-state index is 13.5. The zero-order chi connectivity index (χ0) is 22.6. The van der Waals surface area contributed by atoms with Crippen LogP contribution in [-0.4, -0.2) is 45.1 Å². The van der Waals surface area contributed by atoms with Crippen LogP contribution >= 0.6 is 0 Å². The van der Waals surface area contributed by atoms with Gasteiger partial charge in [0.1, 0.15) is 0 Å². The minimum atomic E-state index is -3.72. The fraction of sp³-hybridized carbons (Fsp3) is 0.231. The number of aromatic nitrogens is 1. The molecular formula is C26H29N3O2S. The largest absolute Gasteiger partial charge is 0.329 e. The van der Waals surface area contributed by atoms with Crippen LogP contribution < -0.4 is 4.72 Å². The summed E-state index contributed by atoms with van der Waals surface area (Å²) in [6.07, 6.45) is 0. The van der Waals surface area contributed by atoms with Gasteiger partial charge in [0.25, 0.3) is 10.0 Å². The van der Waals surface area contributed by atoms with E-state index < -0.39 is 10.0 Å². The number of sulfonamides is 1. The highest BCUT2D eigenvalue weighted by molar-refractivity contribution is 7.89. The molecule has 0 unspecified atom stereocenters. The molecule has 0 aliphatic heterocycles. The summed E-state index contributed by atoms with van der Waals surface area (Å²) in [7, 11) is 0.260. The maximum atomic E-state index is 13.5. The van der Waals surface area contributed by atoms with Crippen LogP contribution in [0.4, 0.5) is 0 Å². The van der Waals surface area contributed by atoms with Crippen molar-refractivity contribution < 1.29 is 8.42 Å². The molecule has 5 nitrogen and oxygen atoms in total. The second-order valence-corrected chi connectivity index (χ2v) is 9.94. The normalized spacial score (nSPS) is 12.1. The molecule has 1 aromatic heterocycles. The zero-order valence-electron chi connectivity index (χ0n) is 18.5. The molecule has 0 spiro atoms. The lowest BCUT2D eigenvalue weighted by Crippen LogP contribution is -2.31. The molecule has 6 heteroatoms. The molecule has 0 amide bonds. The summed E-state index contributed by atoms with van der Waals surface area (Å²) in [4.78, 5) is 2.05. The smallest absolute Gasteiger partial charge is 0.256 e. The number of nitrogens with zero attached hydrogens (tertiary/aromatic N) is 2. The first-order chi connectivity index (χ1) is 15.5. The Morgan fingerprint density at radius 1 is 0.844 bits per heavy atom.